The highest BCUT2D eigenvalue weighted by molar-refractivity contribution is 5.78. The number of aryl methyl sites for hydroxylation is 1. The zero-order valence-electron chi connectivity index (χ0n) is 12.6. The normalized spacial score (nSPS) is 12.8. The molecule has 0 bridgehead atoms. The summed E-state index contributed by atoms with van der Waals surface area (Å²) in [5.74, 6) is -0.998. The summed E-state index contributed by atoms with van der Waals surface area (Å²) in [6.45, 7) is 7.52. The third-order valence-corrected chi connectivity index (χ3v) is 3.30. The first-order valence-electron chi connectivity index (χ1n) is 6.78. The predicted octanol–water partition coefficient (Wildman–Crippen LogP) is 3.06. The van der Waals surface area contributed by atoms with Crippen LogP contribution >= 0.6 is 0 Å². The first-order valence-corrected chi connectivity index (χ1v) is 6.78. The van der Waals surface area contributed by atoms with Crippen LogP contribution in [0.5, 0.6) is 0 Å². The number of rotatable bonds is 6. The van der Waals surface area contributed by atoms with Crippen molar-refractivity contribution in [1.82, 2.24) is 5.32 Å². The van der Waals surface area contributed by atoms with Crippen molar-refractivity contribution in [3.8, 4) is 0 Å². The molecule has 0 aliphatic heterocycles. The van der Waals surface area contributed by atoms with Gasteiger partial charge in [0.25, 0.3) is 0 Å². The molecule has 0 saturated carbocycles. The molecule has 1 aromatic rings. The summed E-state index contributed by atoms with van der Waals surface area (Å²) in [6.07, 6.45) is 0.189. The van der Waals surface area contributed by atoms with E-state index in [4.69, 9.17) is 5.11 Å². The summed E-state index contributed by atoms with van der Waals surface area (Å²) in [7, 11) is 0. The summed E-state index contributed by atoms with van der Waals surface area (Å²) >= 11 is 0. The number of nitrogens with one attached hydrogen (secondary N) is 1. The van der Waals surface area contributed by atoms with Gasteiger partial charge in [0.1, 0.15) is 0 Å². The molecule has 1 amide bonds. The zero-order valence-corrected chi connectivity index (χ0v) is 12.6. The van der Waals surface area contributed by atoms with Crippen molar-refractivity contribution >= 4 is 11.9 Å². The molecule has 0 saturated heterocycles. The van der Waals surface area contributed by atoms with Crippen molar-refractivity contribution in [1.29, 1.82) is 0 Å². The van der Waals surface area contributed by atoms with Gasteiger partial charge in [-0.25, -0.2) is 0 Å². The molecule has 2 N–H and O–H groups in total. The Labute approximate surface area is 120 Å². The van der Waals surface area contributed by atoms with Gasteiger partial charge in [-0.1, -0.05) is 38.1 Å². The number of carboxylic acids is 1. The number of benzene rings is 1. The fourth-order valence-electron chi connectivity index (χ4n) is 2.35. The van der Waals surface area contributed by atoms with E-state index in [9.17, 15) is 9.59 Å². The smallest absolute Gasteiger partial charge is 0.303 e. The minimum atomic E-state index is -0.880. The first-order chi connectivity index (χ1) is 9.21. The molecule has 0 heterocycles. The molecular formula is C16H23NO3. The topological polar surface area (TPSA) is 66.4 Å². The van der Waals surface area contributed by atoms with Gasteiger partial charge in [0.2, 0.25) is 5.91 Å². The molecule has 20 heavy (non-hydrogen) atoms. The molecule has 4 heteroatoms. The Morgan fingerprint density at radius 3 is 2.40 bits per heavy atom. The van der Waals surface area contributed by atoms with E-state index >= 15 is 0 Å². The minimum absolute atomic E-state index is 0.0147. The lowest BCUT2D eigenvalue weighted by molar-refractivity contribution is -0.139. The Bertz CT molecular complexity index is 494. The van der Waals surface area contributed by atoms with Crippen LogP contribution in [0.1, 0.15) is 50.8 Å². The Balaban J connectivity index is 2.63. The van der Waals surface area contributed by atoms with Gasteiger partial charge in [-0.2, -0.15) is 0 Å². The number of carbonyl (C=O) groups excluding carboxylic acids is 1. The monoisotopic (exact) mass is 277 g/mol. The van der Waals surface area contributed by atoms with Gasteiger partial charge in [-0.15, -0.1) is 0 Å². The molecule has 0 radical (unpaired) electrons. The van der Waals surface area contributed by atoms with Crippen LogP contribution in [0, 0.1) is 12.3 Å². The molecule has 4 nitrogen and oxygen atoms in total. The third kappa shape index (κ3) is 5.03. The Hall–Kier alpha value is -1.84. The van der Waals surface area contributed by atoms with E-state index in [-0.39, 0.29) is 24.8 Å². The second-order valence-electron chi connectivity index (χ2n) is 6.06. The summed E-state index contributed by atoms with van der Waals surface area (Å²) in [5.41, 5.74) is 1.67. The second kappa shape index (κ2) is 6.55. The van der Waals surface area contributed by atoms with Gasteiger partial charge in [-0.3, -0.25) is 9.59 Å². The summed E-state index contributed by atoms with van der Waals surface area (Å²) in [6, 6.07) is 7.82. The molecule has 1 atom stereocenters. The van der Waals surface area contributed by atoms with Gasteiger partial charge < -0.3 is 10.4 Å². The van der Waals surface area contributed by atoms with Crippen molar-refractivity contribution in [3.63, 3.8) is 0 Å². The van der Waals surface area contributed by atoms with E-state index in [0.717, 1.165) is 11.1 Å². The molecule has 110 valence electrons. The Kier molecular flexibility index (Phi) is 5.31. The van der Waals surface area contributed by atoms with Crippen LogP contribution in [-0.4, -0.2) is 17.0 Å². The zero-order chi connectivity index (χ0) is 15.3. The molecule has 0 fully saturated rings. The lowest BCUT2D eigenvalue weighted by atomic mass is 9.85. The van der Waals surface area contributed by atoms with Gasteiger partial charge in [0.05, 0.1) is 12.5 Å². The summed E-state index contributed by atoms with van der Waals surface area (Å²) in [5, 5.41) is 11.8. The average Bonchev–Trinajstić information content (AvgIpc) is 2.25. The number of amides is 1. The highest BCUT2D eigenvalue weighted by atomic mass is 16.4. The highest BCUT2D eigenvalue weighted by Gasteiger charge is 2.26. The van der Waals surface area contributed by atoms with Crippen molar-refractivity contribution in [2.75, 3.05) is 0 Å². The van der Waals surface area contributed by atoms with Gasteiger partial charge in [-0.05, 0) is 30.4 Å². The molecule has 0 aromatic heterocycles. The van der Waals surface area contributed by atoms with E-state index in [1.165, 1.54) is 0 Å². The van der Waals surface area contributed by atoms with Gasteiger partial charge >= 0.3 is 5.97 Å². The first kappa shape index (κ1) is 16.2. The molecule has 1 aromatic carbocycles. The Morgan fingerprint density at radius 2 is 1.85 bits per heavy atom. The molecule has 0 spiro atoms. The molecule has 1 rings (SSSR count). The summed E-state index contributed by atoms with van der Waals surface area (Å²) in [4.78, 5) is 22.8. The number of carboxylic acid groups (broad SMARTS) is 1. The maximum absolute atomic E-state index is 12.0. The molecule has 0 unspecified atom stereocenters. The molecular weight excluding hydrogens is 254 g/mol. The van der Waals surface area contributed by atoms with Crippen LogP contribution in [0.2, 0.25) is 0 Å². The second-order valence-corrected chi connectivity index (χ2v) is 6.06. The SMILES string of the molecule is Cc1ccccc1[C@H](C)NC(=O)CC(C)(C)CC(=O)O. The van der Waals surface area contributed by atoms with E-state index < -0.39 is 11.4 Å². The van der Waals surface area contributed by atoms with E-state index in [2.05, 4.69) is 5.32 Å². The largest absolute Gasteiger partial charge is 0.481 e. The van der Waals surface area contributed by atoms with Crippen LogP contribution in [0.15, 0.2) is 24.3 Å². The van der Waals surface area contributed by atoms with E-state index in [0.29, 0.717) is 0 Å². The predicted molar refractivity (Wildman–Crippen MR) is 78.4 cm³/mol. The molecule has 0 aliphatic carbocycles. The minimum Gasteiger partial charge on any atom is -0.481 e. The standard InChI is InChI=1S/C16H23NO3/c1-11-7-5-6-8-13(11)12(2)17-14(18)9-16(3,4)10-15(19)20/h5-8,12H,9-10H2,1-4H3,(H,17,18)(H,19,20)/t12-/m0/s1. The van der Waals surface area contributed by atoms with Crippen LogP contribution < -0.4 is 5.32 Å². The fourth-order valence-corrected chi connectivity index (χ4v) is 2.35. The third-order valence-electron chi connectivity index (χ3n) is 3.30. The maximum Gasteiger partial charge on any atom is 0.303 e. The number of carbonyl (C=O) groups is 2. The van der Waals surface area contributed by atoms with Crippen LogP contribution in [-0.2, 0) is 9.59 Å². The van der Waals surface area contributed by atoms with Crippen LogP contribution in [0.4, 0.5) is 0 Å². The fraction of sp³-hybridized carbons (Fsp3) is 0.500. The number of hydrogen-bond donors (Lipinski definition) is 2. The lowest BCUT2D eigenvalue weighted by Gasteiger charge is -2.23. The lowest BCUT2D eigenvalue weighted by Crippen LogP contribution is -2.32. The van der Waals surface area contributed by atoms with Gasteiger partial charge in [0, 0.05) is 6.42 Å². The maximum atomic E-state index is 12.0. The van der Waals surface area contributed by atoms with Crippen LogP contribution in [0.25, 0.3) is 0 Å². The van der Waals surface area contributed by atoms with Crippen LogP contribution in [0.3, 0.4) is 0 Å². The van der Waals surface area contributed by atoms with Crippen molar-refractivity contribution in [3.05, 3.63) is 35.4 Å². The highest BCUT2D eigenvalue weighted by Crippen LogP contribution is 2.25. The summed E-state index contributed by atoms with van der Waals surface area (Å²) < 4.78 is 0. The number of aliphatic carboxylic acids is 1. The Morgan fingerprint density at radius 1 is 1.25 bits per heavy atom. The van der Waals surface area contributed by atoms with Crippen molar-refractivity contribution in [2.45, 2.75) is 46.6 Å². The number of hydrogen-bond acceptors (Lipinski definition) is 2. The average molecular weight is 277 g/mol. The van der Waals surface area contributed by atoms with Crippen molar-refractivity contribution in [2.24, 2.45) is 5.41 Å². The van der Waals surface area contributed by atoms with E-state index in [1.54, 1.807) is 13.8 Å². The van der Waals surface area contributed by atoms with Crippen molar-refractivity contribution < 1.29 is 14.7 Å². The van der Waals surface area contributed by atoms with E-state index in [1.807, 2.05) is 38.1 Å². The van der Waals surface area contributed by atoms with Gasteiger partial charge in [0.15, 0.2) is 0 Å². The molecule has 0 aliphatic rings. The quantitative estimate of drug-likeness (QED) is 0.839.